The lowest BCUT2D eigenvalue weighted by Crippen LogP contribution is -2.38. The minimum absolute atomic E-state index is 0.199. The summed E-state index contributed by atoms with van der Waals surface area (Å²) >= 11 is 0. The molecule has 1 heterocycles. The van der Waals surface area contributed by atoms with Crippen LogP contribution in [0.25, 0.3) is 70.3 Å². The largest absolute Gasteiger partial charge is 0.268 e. The summed E-state index contributed by atoms with van der Waals surface area (Å²) in [5.41, 5.74) is 1.19. The van der Waals surface area contributed by atoms with Crippen LogP contribution in [0, 0.1) is 6.92 Å². The number of fused-ring (bicyclic) bond motifs is 3. The number of para-hydroxylation sites is 1. The van der Waals surface area contributed by atoms with Crippen molar-refractivity contribution in [1.82, 2.24) is 4.57 Å². The van der Waals surface area contributed by atoms with Crippen molar-refractivity contribution in [2.75, 3.05) is 0 Å². The lowest BCUT2D eigenvalue weighted by atomic mass is 9.95. The number of aromatic nitrogens is 1. The first-order valence-corrected chi connectivity index (χ1v) is 21.1. The molecular formula is C35H31NO2Si2. The van der Waals surface area contributed by atoms with Gasteiger partial charge in [-0.3, -0.25) is 9.59 Å². The van der Waals surface area contributed by atoms with Crippen LogP contribution in [0.15, 0.2) is 70.3 Å². The van der Waals surface area contributed by atoms with Crippen LogP contribution in [0.4, 0.5) is 0 Å². The highest BCUT2D eigenvalue weighted by atomic mass is 28.3. The van der Waals surface area contributed by atoms with Crippen LogP contribution in [0.5, 0.6) is 0 Å². The van der Waals surface area contributed by atoms with Crippen LogP contribution in [-0.2, 0) is 0 Å². The molecule has 0 N–H and O–H groups in total. The third-order valence-electron chi connectivity index (χ3n) is 9.23. The smallest absolute Gasteiger partial charge is 0.266 e. The highest BCUT2D eigenvalue weighted by Gasteiger charge is 2.32. The summed E-state index contributed by atoms with van der Waals surface area (Å²) in [6, 6.07) is 21.4. The van der Waals surface area contributed by atoms with Gasteiger partial charge in [0.2, 0.25) is 0 Å². The van der Waals surface area contributed by atoms with E-state index in [9.17, 15) is 9.59 Å². The topological polar surface area (TPSA) is 39.1 Å². The van der Waals surface area contributed by atoms with E-state index in [0.29, 0.717) is 16.5 Å². The van der Waals surface area contributed by atoms with Crippen molar-refractivity contribution >= 4 is 91.2 Å². The van der Waals surface area contributed by atoms with Crippen LogP contribution in [0.3, 0.4) is 0 Å². The van der Waals surface area contributed by atoms with E-state index in [1.807, 2.05) is 31.2 Å². The first-order chi connectivity index (χ1) is 18.9. The van der Waals surface area contributed by atoms with Gasteiger partial charge < -0.3 is 0 Å². The molecule has 3 nitrogen and oxygen atoms in total. The molecule has 0 unspecified atom stereocenters. The summed E-state index contributed by atoms with van der Waals surface area (Å²) in [6.45, 7) is 16.2. The van der Waals surface area contributed by atoms with Crippen molar-refractivity contribution in [2.24, 2.45) is 0 Å². The van der Waals surface area contributed by atoms with Gasteiger partial charge in [-0.15, -0.1) is 0 Å². The van der Waals surface area contributed by atoms with Gasteiger partial charge in [0.15, 0.2) is 0 Å². The molecule has 0 aliphatic carbocycles. The zero-order valence-corrected chi connectivity index (χ0v) is 26.0. The Morgan fingerprint density at radius 2 is 0.975 bits per heavy atom. The molecule has 0 spiro atoms. The fraction of sp³-hybridized carbons (Fsp3) is 0.200. The molecule has 0 aliphatic heterocycles. The van der Waals surface area contributed by atoms with Gasteiger partial charge in [0, 0.05) is 0 Å². The van der Waals surface area contributed by atoms with E-state index < -0.39 is 16.1 Å². The molecule has 7 aromatic carbocycles. The van der Waals surface area contributed by atoms with E-state index in [1.54, 1.807) is 0 Å². The summed E-state index contributed by atoms with van der Waals surface area (Å²) in [5, 5.41) is 15.8. The average Bonchev–Trinajstić information content (AvgIpc) is 3.38. The zero-order chi connectivity index (χ0) is 28.0. The molecule has 0 bridgehead atoms. The molecule has 40 heavy (non-hydrogen) atoms. The number of rotatable bonds is 3. The first kappa shape index (κ1) is 24.0. The molecule has 0 atom stereocenters. The second-order valence-corrected chi connectivity index (χ2v) is 23.8. The Kier molecular flexibility index (Phi) is 4.37. The summed E-state index contributed by atoms with van der Waals surface area (Å²) in [7, 11) is -3.63. The third kappa shape index (κ3) is 2.74. The van der Waals surface area contributed by atoms with Crippen molar-refractivity contribution in [3.63, 3.8) is 0 Å². The molecule has 0 saturated heterocycles. The van der Waals surface area contributed by atoms with Gasteiger partial charge in [0.1, 0.15) is 0 Å². The molecule has 8 aromatic rings. The van der Waals surface area contributed by atoms with Gasteiger partial charge in [-0.25, -0.2) is 4.57 Å². The van der Waals surface area contributed by atoms with E-state index >= 15 is 0 Å². The van der Waals surface area contributed by atoms with Crippen molar-refractivity contribution < 1.29 is 0 Å². The second-order valence-electron chi connectivity index (χ2n) is 13.7. The van der Waals surface area contributed by atoms with Gasteiger partial charge >= 0.3 is 0 Å². The maximum Gasteiger partial charge on any atom is 0.266 e. The fourth-order valence-corrected chi connectivity index (χ4v) is 10.6. The normalized spacial score (nSPS) is 13.6. The Balaban J connectivity index is 1.78. The minimum atomic E-state index is -1.82. The first-order valence-electron chi connectivity index (χ1n) is 14.1. The van der Waals surface area contributed by atoms with Crippen LogP contribution in [0.1, 0.15) is 5.56 Å². The monoisotopic (exact) mass is 553 g/mol. The molecule has 0 amide bonds. The quantitative estimate of drug-likeness (QED) is 0.171. The van der Waals surface area contributed by atoms with Crippen LogP contribution in [0.2, 0.25) is 39.3 Å². The summed E-state index contributed by atoms with van der Waals surface area (Å²) in [6.07, 6.45) is 0. The van der Waals surface area contributed by atoms with Crippen LogP contribution >= 0.6 is 0 Å². The SMILES string of the molecule is Cc1ccccc1-n1c(=O)c2c3cc([Si](C)(C)C)c4ccc5ccc6c([Si](C)(C)C)cc(c2c1=O)c1c6c5c4c31. The number of aryl methyl sites for hydroxylation is 1. The van der Waals surface area contributed by atoms with Crippen LogP contribution in [-0.4, -0.2) is 20.7 Å². The predicted octanol–water partition coefficient (Wildman–Crippen LogP) is 7.27. The average molecular weight is 554 g/mol. The highest BCUT2D eigenvalue weighted by Crippen LogP contribution is 2.49. The molecule has 196 valence electrons. The molecule has 5 heteroatoms. The molecule has 8 rings (SSSR count). The van der Waals surface area contributed by atoms with E-state index in [4.69, 9.17) is 0 Å². The van der Waals surface area contributed by atoms with E-state index in [-0.39, 0.29) is 11.1 Å². The Bertz CT molecular complexity index is 2300. The van der Waals surface area contributed by atoms with E-state index in [2.05, 4.69) is 75.7 Å². The van der Waals surface area contributed by atoms with Crippen LogP contribution < -0.4 is 21.5 Å². The molecule has 0 radical (unpaired) electrons. The standard InChI is InChI=1S/C35H31NO2Si2/c1-18-10-8-9-11-24(18)36-34(37)32-22-16-25(39(2,3)4)20-14-12-19-13-15-21-26(40(5,6)7)17-23(33(32)35(36)38)31-29(21)27(19)28(20)30(22)31/h8-17H,1-7H3. The van der Waals surface area contributed by atoms with Crippen molar-refractivity contribution in [1.29, 1.82) is 0 Å². The summed E-state index contributed by atoms with van der Waals surface area (Å²) in [5.74, 6) is 0. The van der Waals surface area contributed by atoms with E-state index in [0.717, 1.165) is 27.1 Å². The number of hydrogen-bond donors (Lipinski definition) is 0. The number of benzene rings is 6. The second kappa shape index (κ2) is 7.28. The van der Waals surface area contributed by atoms with Crippen molar-refractivity contribution in [2.45, 2.75) is 46.2 Å². The lowest BCUT2D eigenvalue weighted by molar-refractivity contribution is 0.979. The van der Waals surface area contributed by atoms with Crippen molar-refractivity contribution in [3.8, 4) is 5.69 Å². The molecule has 0 fully saturated rings. The van der Waals surface area contributed by atoms with E-state index in [1.165, 1.54) is 47.3 Å². The number of hydrogen-bond acceptors (Lipinski definition) is 2. The lowest BCUT2D eigenvalue weighted by Gasteiger charge is -2.21. The van der Waals surface area contributed by atoms with Gasteiger partial charge in [-0.2, -0.15) is 0 Å². The number of nitrogens with zero attached hydrogens (tertiary/aromatic N) is 1. The fourth-order valence-electron chi connectivity index (χ4n) is 7.46. The molecular weight excluding hydrogens is 523 g/mol. The minimum Gasteiger partial charge on any atom is -0.268 e. The molecule has 0 saturated carbocycles. The Labute approximate surface area is 234 Å². The Morgan fingerprint density at radius 1 is 0.525 bits per heavy atom. The van der Waals surface area contributed by atoms with Crippen molar-refractivity contribution in [3.05, 3.63) is 86.9 Å². The van der Waals surface area contributed by atoms with Gasteiger partial charge in [0.05, 0.1) is 32.6 Å². The van der Waals surface area contributed by atoms with Gasteiger partial charge in [0.25, 0.3) is 11.1 Å². The van der Waals surface area contributed by atoms with Gasteiger partial charge in [-0.1, -0.05) is 104 Å². The molecule has 0 aliphatic rings. The predicted molar refractivity (Wildman–Crippen MR) is 179 cm³/mol. The summed E-state index contributed by atoms with van der Waals surface area (Å²) < 4.78 is 1.43. The molecule has 1 aromatic heterocycles. The Morgan fingerprint density at radius 3 is 1.43 bits per heavy atom. The highest BCUT2D eigenvalue weighted by molar-refractivity contribution is 6.91. The Hall–Kier alpha value is -3.81. The maximum absolute atomic E-state index is 14.5. The maximum atomic E-state index is 14.5. The summed E-state index contributed by atoms with van der Waals surface area (Å²) in [4.78, 5) is 28.9. The van der Waals surface area contributed by atoms with Gasteiger partial charge in [-0.05, 0) is 72.4 Å². The zero-order valence-electron chi connectivity index (χ0n) is 24.0. The third-order valence-corrected chi connectivity index (χ3v) is 13.3.